The predicted molar refractivity (Wildman–Crippen MR) is 130 cm³/mol. The number of anilines is 1. The van der Waals surface area contributed by atoms with Crippen LogP contribution in [0.2, 0.25) is 5.02 Å². The Balaban J connectivity index is 1.69. The highest BCUT2D eigenvalue weighted by atomic mass is 35.5. The van der Waals surface area contributed by atoms with E-state index in [9.17, 15) is 32.2 Å². The first-order valence-electron chi connectivity index (χ1n) is 13.6. The summed E-state index contributed by atoms with van der Waals surface area (Å²) in [4.78, 5) is 12.1. The Bertz CT molecular complexity index is 1450. The SMILES string of the molecule is [2H]C1([2H])C2CC([2H])(S(=O)(=O)c3cc(C(=O)Nc4ccc(F)c(F)c4)ccc3Cl)C[C@@H](C2(O)COCC(C)O)C1([2H])[2H]. The summed E-state index contributed by atoms with van der Waals surface area (Å²) >= 11 is 6.19. The largest absolute Gasteiger partial charge is 0.391 e. The number of ether oxygens (including phenoxy) is 1. The fraction of sp³-hybridized carbons (Fsp3) is 0.480. The van der Waals surface area contributed by atoms with Crippen molar-refractivity contribution in [3.05, 3.63) is 58.6 Å². The molecule has 5 atom stereocenters. The highest BCUT2D eigenvalue weighted by Gasteiger charge is 2.55. The first kappa shape index (κ1) is 20.9. The molecule has 4 unspecified atom stereocenters. The lowest BCUT2D eigenvalue weighted by Gasteiger charge is -2.42. The van der Waals surface area contributed by atoms with Crippen molar-refractivity contribution >= 4 is 33.0 Å². The molecule has 2 aliphatic carbocycles. The van der Waals surface area contributed by atoms with Gasteiger partial charge in [0.15, 0.2) is 21.5 Å². The molecule has 0 aliphatic heterocycles. The van der Waals surface area contributed by atoms with Crippen LogP contribution < -0.4 is 5.32 Å². The van der Waals surface area contributed by atoms with Crippen molar-refractivity contribution in [2.24, 2.45) is 11.8 Å². The predicted octanol–water partition coefficient (Wildman–Crippen LogP) is 3.96. The number of sulfone groups is 1. The van der Waals surface area contributed by atoms with Crippen LogP contribution in [0.4, 0.5) is 14.5 Å². The van der Waals surface area contributed by atoms with Gasteiger partial charge in [0.2, 0.25) is 0 Å². The zero-order valence-electron chi connectivity index (χ0n) is 24.1. The summed E-state index contributed by atoms with van der Waals surface area (Å²) in [7, 11) is -4.82. The van der Waals surface area contributed by atoms with Gasteiger partial charge in [-0.25, -0.2) is 17.2 Å². The Morgan fingerprint density at radius 2 is 1.92 bits per heavy atom. The van der Waals surface area contributed by atoms with Crippen LogP contribution >= 0.6 is 11.6 Å². The maximum absolute atomic E-state index is 13.9. The van der Waals surface area contributed by atoms with E-state index in [0.29, 0.717) is 0 Å². The number of aliphatic hydroxyl groups excluding tert-OH is 1. The van der Waals surface area contributed by atoms with E-state index in [-0.39, 0.29) is 22.9 Å². The minimum atomic E-state index is -4.82. The van der Waals surface area contributed by atoms with Crippen LogP contribution in [0.1, 0.15) is 49.7 Å². The number of carbonyl (C=O) groups is 1. The van der Waals surface area contributed by atoms with Crippen molar-refractivity contribution in [2.75, 3.05) is 18.5 Å². The van der Waals surface area contributed by atoms with Crippen LogP contribution in [0.25, 0.3) is 0 Å². The van der Waals surface area contributed by atoms with Crippen LogP contribution in [0.3, 0.4) is 0 Å². The number of aliphatic hydroxyl groups is 2. The van der Waals surface area contributed by atoms with E-state index >= 15 is 0 Å². The monoisotopic (exact) mass is 548 g/mol. The molecular formula is C25H28ClF2NO6S. The molecule has 36 heavy (non-hydrogen) atoms. The van der Waals surface area contributed by atoms with Crippen LogP contribution in [0.15, 0.2) is 41.3 Å². The van der Waals surface area contributed by atoms with Crippen LogP contribution in [-0.2, 0) is 14.6 Å². The Hall–Kier alpha value is -2.11. The first-order chi connectivity index (χ1) is 18.8. The Morgan fingerprint density at radius 1 is 1.25 bits per heavy atom. The van der Waals surface area contributed by atoms with Gasteiger partial charge in [-0.3, -0.25) is 4.79 Å². The molecule has 0 spiro atoms. The lowest BCUT2D eigenvalue weighted by atomic mass is 9.75. The van der Waals surface area contributed by atoms with Gasteiger partial charge in [-0.2, -0.15) is 0 Å². The smallest absolute Gasteiger partial charge is 0.255 e. The van der Waals surface area contributed by atoms with E-state index in [4.69, 9.17) is 23.2 Å². The van der Waals surface area contributed by atoms with Crippen LogP contribution in [0, 0.1) is 23.5 Å². The van der Waals surface area contributed by atoms with E-state index in [0.717, 1.165) is 30.3 Å². The third-order valence-electron chi connectivity index (χ3n) is 6.23. The van der Waals surface area contributed by atoms with Gasteiger partial charge in [-0.15, -0.1) is 0 Å². The maximum atomic E-state index is 13.9. The minimum Gasteiger partial charge on any atom is -0.391 e. The molecule has 11 heteroatoms. The molecule has 0 heterocycles. The van der Waals surface area contributed by atoms with Gasteiger partial charge in [-0.1, -0.05) is 11.6 Å². The van der Waals surface area contributed by atoms with Crippen LogP contribution in [-0.4, -0.2) is 54.7 Å². The summed E-state index contributed by atoms with van der Waals surface area (Å²) in [5.74, 6) is -6.64. The number of hydrogen-bond acceptors (Lipinski definition) is 6. The van der Waals surface area contributed by atoms with Crippen LogP contribution in [0.5, 0.6) is 0 Å². The topological polar surface area (TPSA) is 113 Å². The fourth-order valence-corrected chi connectivity index (χ4v) is 6.40. The van der Waals surface area contributed by atoms with Crippen molar-refractivity contribution in [1.82, 2.24) is 0 Å². The fourth-order valence-electron chi connectivity index (χ4n) is 4.28. The molecular weight excluding hydrogens is 516 g/mol. The molecule has 2 aromatic carbocycles. The van der Waals surface area contributed by atoms with Gasteiger partial charge in [0.1, 0.15) is 0 Å². The first-order valence-corrected chi connectivity index (χ1v) is 12.9. The second-order valence-electron chi connectivity index (χ2n) is 8.93. The molecule has 0 aromatic heterocycles. The van der Waals surface area contributed by atoms with Gasteiger partial charge in [0.05, 0.1) is 40.1 Å². The number of halogens is 3. The van der Waals surface area contributed by atoms with Gasteiger partial charge < -0.3 is 20.3 Å². The lowest BCUT2D eigenvalue weighted by molar-refractivity contribution is -0.121. The molecule has 2 bridgehead atoms. The quantitative estimate of drug-likeness (QED) is 0.460. The molecule has 1 amide bonds. The van der Waals surface area contributed by atoms with E-state index in [2.05, 4.69) is 5.32 Å². The summed E-state index contributed by atoms with van der Waals surface area (Å²) < 4.78 is 103. The van der Waals surface area contributed by atoms with Crippen molar-refractivity contribution in [2.45, 2.75) is 54.3 Å². The molecule has 0 radical (unpaired) electrons. The molecule has 2 saturated carbocycles. The molecule has 2 aliphatic rings. The van der Waals surface area contributed by atoms with E-state index in [1.54, 1.807) is 0 Å². The molecule has 2 aromatic rings. The molecule has 4 rings (SSSR count). The number of amides is 1. The van der Waals surface area contributed by atoms with Crippen molar-refractivity contribution < 1.29 is 43.8 Å². The summed E-state index contributed by atoms with van der Waals surface area (Å²) in [5, 5.41) is 20.4. The van der Waals surface area contributed by atoms with Gasteiger partial charge >= 0.3 is 0 Å². The lowest BCUT2D eigenvalue weighted by Crippen LogP contribution is -2.51. The van der Waals surface area contributed by atoms with Crippen molar-refractivity contribution in [3.8, 4) is 0 Å². The van der Waals surface area contributed by atoms with Crippen molar-refractivity contribution in [1.29, 1.82) is 0 Å². The summed E-state index contributed by atoms with van der Waals surface area (Å²) in [6, 6.07) is 5.76. The minimum absolute atomic E-state index is 0.115. The zero-order valence-corrected chi connectivity index (χ0v) is 20.7. The highest BCUT2D eigenvalue weighted by Crippen LogP contribution is 2.52. The number of carbonyl (C=O) groups excluding carboxylic acids is 1. The second-order valence-corrected chi connectivity index (χ2v) is 11.4. The summed E-state index contributed by atoms with van der Waals surface area (Å²) in [6.07, 6.45) is -8.09. The molecule has 196 valence electrons. The van der Waals surface area contributed by atoms with E-state index < -0.39 is 93.2 Å². The van der Waals surface area contributed by atoms with Crippen molar-refractivity contribution in [3.63, 3.8) is 0 Å². The number of hydrogen-bond donors (Lipinski definition) is 3. The number of fused-ring (bicyclic) bond motifs is 2. The van der Waals surface area contributed by atoms with Gasteiger partial charge in [0, 0.05) is 24.2 Å². The number of benzene rings is 2. The molecule has 0 saturated heterocycles. The average Bonchev–Trinajstić information content (AvgIpc) is 2.92. The van der Waals surface area contributed by atoms with Gasteiger partial charge in [0.25, 0.3) is 5.91 Å². The Labute approximate surface area is 220 Å². The maximum Gasteiger partial charge on any atom is 0.255 e. The summed E-state index contributed by atoms with van der Waals surface area (Å²) in [6.45, 7) is 0.575. The highest BCUT2D eigenvalue weighted by molar-refractivity contribution is 7.92. The Kier molecular flexibility index (Phi) is 6.00. The third kappa shape index (κ3) is 5.28. The molecule has 2 fully saturated rings. The van der Waals surface area contributed by atoms with E-state index in [1.165, 1.54) is 13.0 Å². The number of nitrogens with one attached hydrogen (secondary N) is 1. The van der Waals surface area contributed by atoms with Gasteiger partial charge in [-0.05, 0) is 74.7 Å². The molecule has 3 N–H and O–H groups in total. The normalized spacial score (nSPS) is 33.4. The zero-order chi connectivity index (χ0) is 30.8. The average molecular weight is 549 g/mol. The number of rotatable bonds is 8. The third-order valence-corrected chi connectivity index (χ3v) is 8.69. The summed E-state index contributed by atoms with van der Waals surface area (Å²) in [5.41, 5.74) is -2.55. The van der Waals surface area contributed by atoms with E-state index in [1.807, 2.05) is 0 Å². The molecule has 7 nitrogen and oxygen atoms in total. The second kappa shape index (κ2) is 10.3. The Morgan fingerprint density at radius 3 is 2.53 bits per heavy atom. The standard InChI is InChI=1S/C25H28ClF2NO6S/c1-14(30)12-35-13-25(32)16-3-4-17(25)10-19(9-16)36(33,34)23-8-15(2-6-20(23)26)24(31)29-18-5-7-21(27)22(28)11-18/h2,5-8,11,14,16-17,19,30,32H,3-4,9-10,12-13H2,1H3,(H,29,31)/t14?,16-,17?,19?,25?/m0/s1/i3D2,4D2,19D.